The van der Waals surface area contributed by atoms with Crippen molar-refractivity contribution in [2.75, 3.05) is 33.2 Å². The molecule has 0 bridgehead atoms. The van der Waals surface area contributed by atoms with E-state index in [1.54, 1.807) is 6.07 Å². The number of rotatable bonds is 4. The molecule has 28 heavy (non-hydrogen) atoms. The molecule has 1 aliphatic rings. The third kappa shape index (κ3) is 3.42. The van der Waals surface area contributed by atoms with Crippen molar-refractivity contribution in [1.82, 2.24) is 14.2 Å². The Balaban J connectivity index is 1.80. The second-order valence-corrected chi connectivity index (χ2v) is 8.98. The molecule has 146 valence electrons. The number of carboxylic acids is 1. The second kappa shape index (κ2) is 7.05. The lowest BCUT2D eigenvalue weighted by Gasteiger charge is -2.31. The zero-order valence-electron chi connectivity index (χ0n) is 15.4. The fourth-order valence-corrected chi connectivity index (χ4v) is 4.94. The lowest BCUT2D eigenvalue weighted by atomic mass is 10.0. The molecule has 1 saturated heterocycles. The van der Waals surface area contributed by atoms with E-state index >= 15 is 0 Å². The summed E-state index contributed by atoms with van der Waals surface area (Å²) in [7, 11) is -1.82. The molecule has 3 aromatic rings. The molecule has 2 heterocycles. The number of likely N-dealkylation sites (N-methyl/N-ethyl adjacent to an activating group) is 1. The van der Waals surface area contributed by atoms with Crippen LogP contribution in [0.5, 0.6) is 0 Å². The topological polar surface area (TPSA) is 93.7 Å². The number of nitrogens with one attached hydrogen (secondary N) is 1. The fourth-order valence-electron chi connectivity index (χ4n) is 3.45. The molecule has 0 aliphatic carbocycles. The third-order valence-electron chi connectivity index (χ3n) is 5.14. The number of hydrogen-bond donors (Lipinski definition) is 2. The van der Waals surface area contributed by atoms with Crippen LogP contribution in [0.2, 0.25) is 0 Å². The molecule has 0 spiro atoms. The Hall–Kier alpha value is -2.68. The molecule has 1 aliphatic heterocycles. The van der Waals surface area contributed by atoms with Crippen LogP contribution in [0, 0.1) is 0 Å². The molecule has 7 nitrogen and oxygen atoms in total. The van der Waals surface area contributed by atoms with Crippen molar-refractivity contribution < 1.29 is 18.3 Å². The minimum atomic E-state index is -3.77. The summed E-state index contributed by atoms with van der Waals surface area (Å²) in [4.78, 5) is 16.8. The summed E-state index contributed by atoms with van der Waals surface area (Å²) in [5.41, 5.74) is 2.25. The first-order valence-corrected chi connectivity index (χ1v) is 10.4. The van der Waals surface area contributed by atoms with E-state index in [2.05, 4.69) is 9.88 Å². The standard InChI is InChI=1S/C20H21N3O4S/c1-22-6-8-23(9-7-22)28(26,27)18-12-16(11-17(13-18)20(24)25)14-2-3-19-15(10-14)4-5-21-19/h2-5,10-13,21H,6-9H2,1H3,(H,24,25). The summed E-state index contributed by atoms with van der Waals surface area (Å²) in [5.74, 6) is -1.15. The van der Waals surface area contributed by atoms with Gasteiger partial charge in [-0.25, -0.2) is 13.2 Å². The lowest BCUT2D eigenvalue weighted by molar-refractivity contribution is 0.0696. The van der Waals surface area contributed by atoms with E-state index in [0.29, 0.717) is 31.7 Å². The molecule has 2 aromatic carbocycles. The minimum Gasteiger partial charge on any atom is -0.478 e. The van der Waals surface area contributed by atoms with Gasteiger partial charge in [0.25, 0.3) is 0 Å². The van der Waals surface area contributed by atoms with Gasteiger partial charge in [0.2, 0.25) is 10.0 Å². The summed E-state index contributed by atoms with van der Waals surface area (Å²) < 4.78 is 27.7. The van der Waals surface area contributed by atoms with Gasteiger partial charge in [-0.05, 0) is 60.0 Å². The third-order valence-corrected chi connectivity index (χ3v) is 7.02. The maximum Gasteiger partial charge on any atom is 0.335 e. The largest absolute Gasteiger partial charge is 0.478 e. The van der Waals surface area contributed by atoms with Crippen LogP contribution >= 0.6 is 0 Å². The second-order valence-electron chi connectivity index (χ2n) is 7.04. The number of nitrogens with zero attached hydrogens (tertiary/aromatic N) is 2. The van der Waals surface area contributed by atoms with Crippen molar-refractivity contribution >= 4 is 26.9 Å². The lowest BCUT2D eigenvalue weighted by Crippen LogP contribution is -2.47. The van der Waals surface area contributed by atoms with Crippen molar-refractivity contribution in [1.29, 1.82) is 0 Å². The van der Waals surface area contributed by atoms with Gasteiger partial charge in [-0.2, -0.15) is 4.31 Å². The molecular formula is C20H21N3O4S. The number of aromatic nitrogens is 1. The van der Waals surface area contributed by atoms with E-state index in [4.69, 9.17) is 0 Å². The number of piperazine rings is 1. The predicted octanol–water partition coefficient (Wildman–Crippen LogP) is 2.47. The SMILES string of the molecule is CN1CCN(S(=O)(=O)c2cc(C(=O)O)cc(-c3ccc4[nH]ccc4c3)c2)CC1. The van der Waals surface area contributed by atoms with Gasteiger partial charge < -0.3 is 15.0 Å². The molecule has 0 saturated carbocycles. The number of aromatic carboxylic acids is 1. The number of H-pyrrole nitrogens is 1. The monoisotopic (exact) mass is 399 g/mol. The highest BCUT2D eigenvalue weighted by Gasteiger charge is 2.28. The maximum absolute atomic E-state index is 13.1. The Morgan fingerprint density at radius 3 is 2.46 bits per heavy atom. The number of hydrogen-bond acceptors (Lipinski definition) is 4. The Bertz CT molecular complexity index is 1150. The number of carbonyl (C=O) groups is 1. The van der Waals surface area contributed by atoms with E-state index in [-0.39, 0.29) is 10.5 Å². The average molecular weight is 399 g/mol. The highest BCUT2D eigenvalue weighted by Crippen LogP contribution is 2.29. The maximum atomic E-state index is 13.1. The normalized spacial score (nSPS) is 16.5. The van der Waals surface area contributed by atoms with Gasteiger partial charge in [-0.1, -0.05) is 6.07 Å². The van der Waals surface area contributed by atoms with Crippen molar-refractivity contribution in [2.24, 2.45) is 0 Å². The summed E-state index contributed by atoms with van der Waals surface area (Å²) >= 11 is 0. The quantitative estimate of drug-likeness (QED) is 0.703. The van der Waals surface area contributed by atoms with Crippen molar-refractivity contribution in [3.8, 4) is 11.1 Å². The van der Waals surface area contributed by atoms with Crippen molar-refractivity contribution in [2.45, 2.75) is 4.90 Å². The number of carboxylic acid groups (broad SMARTS) is 1. The highest BCUT2D eigenvalue weighted by atomic mass is 32.2. The molecule has 0 amide bonds. The van der Waals surface area contributed by atoms with Gasteiger partial charge in [-0.3, -0.25) is 0 Å². The van der Waals surface area contributed by atoms with Gasteiger partial charge >= 0.3 is 5.97 Å². The van der Waals surface area contributed by atoms with Gasteiger partial charge in [-0.15, -0.1) is 0 Å². The van der Waals surface area contributed by atoms with Crippen molar-refractivity contribution in [3.05, 3.63) is 54.2 Å². The Morgan fingerprint density at radius 1 is 1.00 bits per heavy atom. The first-order chi connectivity index (χ1) is 13.3. The fraction of sp³-hybridized carbons (Fsp3) is 0.250. The Labute approximate surface area is 163 Å². The van der Waals surface area contributed by atoms with E-state index in [0.717, 1.165) is 16.5 Å². The molecule has 8 heteroatoms. The minimum absolute atomic E-state index is 0.0149. The molecule has 0 unspecified atom stereocenters. The smallest absolute Gasteiger partial charge is 0.335 e. The molecule has 1 fully saturated rings. The molecule has 0 radical (unpaired) electrons. The van der Waals surface area contributed by atoms with Gasteiger partial charge in [0, 0.05) is 37.9 Å². The Morgan fingerprint density at radius 2 is 1.75 bits per heavy atom. The number of fused-ring (bicyclic) bond motifs is 1. The first kappa shape index (κ1) is 18.7. The van der Waals surface area contributed by atoms with Crippen LogP contribution in [0.4, 0.5) is 0 Å². The summed E-state index contributed by atoms with van der Waals surface area (Å²) in [6.07, 6.45) is 1.82. The van der Waals surface area contributed by atoms with Crippen LogP contribution < -0.4 is 0 Å². The molecule has 0 atom stereocenters. The molecular weight excluding hydrogens is 378 g/mol. The molecule has 2 N–H and O–H groups in total. The zero-order valence-corrected chi connectivity index (χ0v) is 16.2. The van der Waals surface area contributed by atoms with Crippen LogP contribution in [0.3, 0.4) is 0 Å². The average Bonchev–Trinajstić information content (AvgIpc) is 3.15. The summed E-state index contributed by atoms with van der Waals surface area (Å²) in [5, 5.41) is 10.5. The van der Waals surface area contributed by atoms with Crippen LogP contribution in [0.15, 0.2) is 53.6 Å². The van der Waals surface area contributed by atoms with Crippen LogP contribution in [0.25, 0.3) is 22.0 Å². The highest BCUT2D eigenvalue weighted by molar-refractivity contribution is 7.89. The predicted molar refractivity (Wildman–Crippen MR) is 107 cm³/mol. The van der Waals surface area contributed by atoms with E-state index in [9.17, 15) is 18.3 Å². The molecule has 1 aromatic heterocycles. The summed E-state index contributed by atoms with van der Waals surface area (Å²) in [6, 6.07) is 11.9. The summed E-state index contributed by atoms with van der Waals surface area (Å²) in [6.45, 7) is 2.07. The van der Waals surface area contributed by atoms with E-state index in [1.807, 2.05) is 37.5 Å². The molecule has 4 rings (SSSR count). The number of benzene rings is 2. The van der Waals surface area contributed by atoms with Crippen LogP contribution in [-0.2, 0) is 10.0 Å². The number of aromatic amines is 1. The first-order valence-electron chi connectivity index (χ1n) is 8.99. The van der Waals surface area contributed by atoms with E-state index < -0.39 is 16.0 Å². The van der Waals surface area contributed by atoms with Gasteiger partial charge in [0.15, 0.2) is 0 Å². The van der Waals surface area contributed by atoms with Crippen molar-refractivity contribution in [3.63, 3.8) is 0 Å². The van der Waals surface area contributed by atoms with Gasteiger partial charge in [0.1, 0.15) is 0 Å². The van der Waals surface area contributed by atoms with Crippen LogP contribution in [-0.4, -0.2) is 66.9 Å². The zero-order chi connectivity index (χ0) is 19.9. The van der Waals surface area contributed by atoms with Crippen LogP contribution in [0.1, 0.15) is 10.4 Å². The van der Waals surface area contributed by atoms with E-state index in [1.165, 1.54) is 16.4 Å². The van der Waals surface area contributed by atoms with Gasteiger partial charge in [0.05, 0.1) is 10.5 Å². The Kier molecular flexibility index (Phi) is 4.70. The number of sulfonamides is 1.